The topological polar surface area (TPSA) is 50.2 Å². The quantitative estimate of drug-likeness (QED) is 0.929. The Hall–Kier alpha value is -1.52. The van der Waals surface area contributed by atoms with Crippen LogP contribution in [0.25, 0.3) is 0 Å². The van der Waals surface area contributed by atoms with Crippen LogP contribution in [0, 0.1) is 5.41 Å². The van der Waals surface area contributed by atoms with E-state index in [1.807, 2.05) is 21.8 Å². The van der Waals surface area contributed by atoms with Crippen molar-refractivity contribution in [3.8, 4) is 0 Å². The summed E-state index contributed by atoms with van der Waals surface area (Å²) < 4.78 is 1.93. The van der Waals surface area contributed by atoms with Crippen molar-refractivity contribution in [1.29, 1.82) is 0 Å². The van der Waals surface area contributed by atoms with Gasteiger partial charge in [-0.1, -0.05) is 26.2 Å². The molecule has 2 aliphatic rings. The maximum absolute atomic E-state index is 12.6. The monoisotopic (exact) mass is 304 g/mol. The van der Waals surface area contributed by atoms with Gasteiger partial charge >= 0.3 is 6.03 Å². The zero-order chi connectivity index (χ0) is 15.4. The fraction of sp³-hybridized carbons (Fsp3) is 0.765. The number of nitrogens with zero attached hydrogens (tertiary/aromatic N) is 3. The molecule has 0 aromatic carbocycles. The van der Waals surface area contributed by atoms with Gasteiger partial charge in [-0.15, -0.1) is 0 Å². The van der Waals surface area contributed by atoms with E-state index >= 15 is 0 Å². The van der Waals surface area contributed by atoms with Crippen LogP contribution in [0.4, 0.5) is 4.79 Å². The van der Waals surface area contributed by atoms with Gasteiger partial charge in [0.25, 0.3) is 0 Å². The lowest BCUT2D eigenvalue weighted by atomic mass is 9.76. The van der Waals surface area contributed by atoms with Gasteiger partial charge < -0.3 is 10.2 Å². The lowest BCUT2D eigenvalue weighted by Gasteiger charge is -2.35. The molecule has 1 aromatic rings. The minimum absolute atomic E-state index is 0.112. The predicted octanol–water partition coefficient (Wildman–Crippen LogP) is 3.03. The molecule has 1 aliphatic carbocycles. The van der Waals surface area contributed by atoms with E-state index in [2.05, 4.69) is 17.3 Å². The van der Waals surface area contributed by atoms with Crippen LogP contribution in [0.15, 0.2) is 18.5 Å². The number of carbonyl (C=O) groups is 1. The van der Waals surface area contributed by atoms with Crippen molar-refractivity contribution in [2.24, 2.45) is 5.41 Å². The second kappa shape index (κ2) is 6.71. The van der Waals surface area contributed by atoms with Crippen molar-refractivity contribution in [3.05, 3.63) is 18.5 Å². The van der Waals surface area contributed by atoms with Gasteiger partial charge in [0.1, 0.15) is 0 Å². The number of hydrogen-bond acceptors (Lipinski definition) is 2. The Kier molecular flexibility index (Phi) is 4.69. The maximum Gasteiger partial charge on any atom is 0.317 e. The minimum Gasteiger partial charge on any atom is -0.337 e. The first-order valence-electron chi connectivity index (χ1n) is 8.68. The summed E-state index contributed by atoms with van der Waals surface area (Å²) in [6.07, 6.45) is 12.4. The molecular formula is C17H28N4O. The average Bonchev–Trinajstić information content (AvgIpc) is 3.18. The molecule has 1 atom stereocenters. The van der Waals surface area contributed by atoms with Crippen LogP contribution in [0.2, 0.25) is 0 Å². The Morgan fingerprint density at radius 1 is 1.32 bits per heavy atom. The molecule has 0 spiro atoms. The Balaban J connectivity index is 1.52. The predicted molar refractivity (Wildman–Crippen MR) is 86.5 cm³/mol. The first-order chi connectivity index (χ1) is 10.7. The molecule has 0 unspecified atom stereocenters. The van der Waals surface area contributed by atoms with E-state index in [0.29, 0.717) is 5.41 Å². The van der Waals surface area contributed by atoms with Gasteiger partial charge in [0.15, 0.2) is 0 Å². The van der Waals surface area contributed by atoms with E-state index in [9.17, 15) is 4.79 Å². The molecule has 5 heteroatoms. The van der Waals surface area contributed by atoms with Crippen molar-refractivity contribution in [3.63, 3.8) is 0 Å². The normalized spacial score (nSPS) is 24.4. The molecule has 0 radical (unpaired) electrons. The number of amides is 2. The molecule has 1 N–H and O–H groups in total. The standard InChI is InChI=1S/C17H28N4O/c1-17(8-3-2-4-9-17)14-18-16(22)21-12-5-7-15(21)13-20-11-6-10-19-20/h6,10-11,15H,2-5,7-9,12-14H2,1H3,(H,18,22)/t15-/m0/s1. The molecule has 22 heavy (non-hydrogen) atoms. The molecule has 1 saturated carbocycles. The molecule has 2 amide bonds. The molecule has 2 heterocycles. The third kappa shape index (κ3) is 3.62. The summed E-state index contributed by atoms with van der Waals surface area (Å²) in [5.74, 6) is 0. The van der Waals surface area contributed by atoms with Crippen LogP contribution in [0.5, 0.6) is 0 Å². The second-order valence-electron chi connectivity index (χ2n) is 7.25. The Morgan fingerprint density at radius 3 is 2.86 bits per heavy atom. The molecule has 122 valence electrons. The highest BCUT2D eigenvalue weighted by Gasteiger charge is 2.31. The zero-order valence-electron chi connectivity index (χ0n) is 13.6. The number of hydrogen-bond donors (Lipinski definition) is 1. The Morgan fingerprint density at radius 2 is 2.14 bits per heavy atom. The van der Waals surface area contributed by atoms with Crippen molar-refractivity contribution in [2.75, 3.05) is 13.1 Å². The third-order valence-corrected chi connectivity index (χ3v) is 5.32. The van der Waals surface area contributed by atoms with Crippen LogP contribution in [0.1, 0.15) is 51.9 Å². The van der Waals surface area contributed by atoms with E-state index in [1.54, 1.807) is 6.20 Å². The van der Waals surface area contributed by atoms with Gasteiger partial charge in [-0.25, -0.2) is 4.79 Å². The van der Waals surface area contributed by atoms with E-state index in [1.165, 1.54) is 32.1 Å². The Labute approximate surface area is 133 Å². The highest BCUT2D eigenvalue weighted by Crippen LogP contribution is 2.35. The van der Waals surface area contributed by atoms with E-state index in [4.69, 9.17) is 0 Å². The minimum atomic E-state index is 0.112. The van der Waals surface area contributed by atoms with Gasteiger partial charge in [-0.3, -0.25) is 4.68 Å². The number of likely N-dealkylation sites (tertiary alicyclic amines) is 1. The van der Waals surface area contributed by atoms with Gasteiger partial charge in [0, 0.05) is 25.5 Å². The molecule has 1 aliphatic heterocycles. The van der Waals surface area contributed by atoms with Gasteiger partial charge in [0.2, 0.25) is 0 Å². The summed E-state index contributed by atoms with van der Waals surface area (Å²) >= 11 is 0. The lowest BCUT2D eigenvalue weighted by Crippen LogP contribution is -2.47. The largest absolute Gasteiger partial charge is 0.337 e. The van der Waals surface area contributed by atoms with Crippen LogP contribution in [-0.4, -0.2) is 39.8 Å². The van der Waals surface area contributed by atoms with E-state index in [-0.39, 0.29) is 12.1 Å². The smallest absolute Gasteiger partial charge is 0.317 e. The summed E-state index contributed by atoms with van der Waals surface area (Å²) in [6, 6.07) is 2.32. The maximum atomic E-state index is 12.6. The van der Waals surface area contributed by atoms with Crippen molar-refractivity contribution >= 4 is 6.03 Å². The summed E-state index contributed by atoms with van der Waals surface area (Å²) in [5.41, 5.74) is 0.297. The lowest BCUT2D eigenvalue weighted by molar-refractivity contribution is 0.167. The second-order valence-corrected chi connectivity index (χ2v) is 7.25. The summed E-state index contributed by atoms with van der Waals surface area (Å²) in [5, 5.41) is 7.46. The number of carbonyl (C=O) groups excluding carboxylic acids is 1. The van der Waals surface area contributed by atoms with Crippen molar-refractivity contribution < 1.29 is 4.79 Å². The van der Waals surface area contributed by atoms with Crippen molar-refractivity contribution in [1.82, 2.24) is 20.0 Å². The molecule has 3 rings (SSSR count). The first kappa shape index (κ1) is 15.4. The van der Waals surface area contributed by atoms with Crippen LogP contribution >= 0.6 is 0 Å². The number of nitrogens with one attached hydrogen (secondary N) is 1. The van der Waals surface area contributed by atoms with Gasteiger partial charge in [-0.2, -0.15) is 5.10 Å². The summed E-state index contributed by atoms with van der Waals surface area (Å²) in [7, 11) is 0. The molecule has 2 fully saturated rings. The molecule has 0 bridgehead atoms. The fourth-order valence-corrected chi connectivity index (χ4v) is 3.89. The summed E-state index contributed by atoms with van der Waals surface area (Å²) in [6.45, 7) is 4.81. The Bertz CT molecular complexity index is 479. The summed E-state index contributed by atoms with van der Waals surface area (Å²) in [4.78, 5) is 14.6. The number of aromatic nitrogens is 2. The zero-order valence-corrected chi connectivity index (χ0v) is 13.6. The first-order valence-corrected chi connectivity index (χ1v) is 8.68. The fourth-order valence-electron chi connectivity index (χ4n) is 3.89. The van der Waals surface area contributed by atoms with E-state index in [0.717, 1.165) is 32.5 Å². The molecule has 1 saturated heterocycles. The van der Waals surface area contributed by atoms with Crippen LogP contribution < -0.4 is 5.32 Å². The number of urea groups is 1. The molecule has 5 nitrogen and oxygen atoms in total. The number of rotatable bonds is 4. The van der Waals surface area contributed by atoms with Gasteiger partial charge in [-0.05, 0) is 37.2 Å². The van der Waals surface area contributed by atoms with Crippen molar-refractivity contribution in [2.45, 2.75) is 64.5 Å². The van der Waals surface area contributed by atoms with Crippen LogP contribution in [0.3, 0.4) is 0 Å². The third-order valence-electron chi connectivity index (χ3n) is 5.32. The van der Waals surface area contributed by atoms with E-state index < -0.39 is 0 Å². The highest BCUT2D eigenvalue weighted by atomic mass is 16.2. The van der Waals surface area contributed by atoms with Crippen LogP contribution in [-0.2, 0) is 6.54 Å². The molecule has 1 aromatic heterocycles. The highest BCUT2D eigenvalue weighted by molar-refractivity contribution is 5.74. The molecular weight excluding hydrogens is 276 g/mol. The average molecular weight is 304 g/mol. The SMILES string of the molecule is CC1(CNC(=O)N2CCC[C@H]2Cn2cccn2)CCCCC1. The van der Waals surface area contributed by atoms with Gasteiger partial charge in [0.05, 0.1) is 12.6 Å².